The maximum atomic E-state index is 12.6. The first-order valence-electron chi connectivity index (χ1n) is 11.8. The molecule has 1 saturated heterocycles. The van der Waals surface area contributed by atoms with Crippen LogP contribution in [0.3, 0.4) is 0 Å². The van der Waals surface area contributed by atoms with Crippen LogP contribution in [0.15, 0.2) is 24.5 Å². The number of ether oxygens (including phenoxy) is 1. The van der Waals surface area contributed by atoms with Crippen LogP contribution in [0.25, 0.3) is 21.5 Å². The van der Waals surface area contributed by atoms with E-state index in [0.717, 1.165) is 45.4 Å². The van der Waals surface area contributed by atoms with Gasteiger partial charge in [0.05, 0.1) is 35.0 Å². The number of aromatic nitrogens is 2. The molecule has 1 aliphatic carbocycles. The molecule has 0 bridgehead atoms. The van der Waals surface area contributed by atoms with Gasteiger partial charge in [0, 0.05) is 31.7 Å². The van der Waals surface area contributed by atoms with Crippen LogP contribution in [-0.4, -0.2) is 47.4 Å². The van der Waals surface area contributed by atoms with E-state index >= 15 is 0 Å². The quantitative estimate of drug-likeness (QED) is 0.527. The van der Waals surface area contributed by atoms with E-state index in [0.29, 0.717) is 23.8 Å². The number of hydrogen-bond acceptors (Lipinski definition) is 7. The molecule has 0 spiro atoms. The molecule has 3 atom stereocenters. The van der Waals surface area contributed by atoms with Gasteiger partial charge in [-0.2, -0.15) is 0 Å². The number of nitrogens with two attached hydrogens (primary N) is 1. The van der Waals surface area contributed by atoms with E-state index in [1.807, 2.05) is 6.33 Å². The second-order valence-corrected chi connectivity index (χ2v) is 10.6. The van der Waals surface area contributed by atoms with Crippen LogP contribution in [0.2, 0.25) is 0 Å². The summed E-state index contributed by atoms with van der Waals surface area (Å²) in [6.45, 7) is 3.99. The first-order chi connectivity index (χ1) is 16.0. The van der Waals surface area contributed by atoms with Gasteiger partial charge >= 0.3 is 5.97 Å². The molecule has 3 N–H and O–H groups in total. The first kappa shape index (κ1) is 22.2. The lowest BCUT2D eigenvalue weighted by Crippen LogP contribution is -2.22. The fourth-order valence-corrected chi connectivity index (χ4v) is 6.69. The van der Waals surface area contributed by atoms with Crippen molar-refractivity contribution in [2.45, 2.75) is 45.1 Å². The number of anilines is 2. The Kier molecular flexibility index (Phi) is 6.05. The van der Waals surface area contributed by atoms with Crippen molar-refractivity contribution < 1.29 is 14.6 Å². The maximum absolute atomic E-state index is 12.6. The number of aliphatic hydroxyl groups excluding tert-OH is 1. The molecule has 33 heavy (non-hydrogen) atoms. The highest BCUT2D eigenvalue weighted by atomic mass is 32.1. The Morgan fingerprint density at radius 2 is 2.18 bits per heavy atom. The van der Waals surface area contributed by atoms with Crippen LogP contribution in [0, 0.1) is 11.8 Å². The number of esters is 1. The Hall–Kier alpha value is -2.58. The molecule has 0 unspecified atom stereocenters. The van der Waals surface area contributed by atoms with Crippen LogP contribution >= 0.6 is 11.3 Å². The Morgan fingerprint density at radius 1 is 1.33 bits per heavy atom. The molecular weight excluding hydrogens is 436 g/mol. The molecule has 2 aromatic heterocycles. The molecule has 8 heteroatoms. The standard InChI is InChI=1S/C25H32N4O3S/c1-15-4-3-5-18(10-15)29-14-27-19-11-17(6-7-20(19)29)23-22(26)21(25(31)32-2)24(33-23)28-9-8-16(12-28)13-30/h6-7,11,14-16,18,30H,3-5,8-10,12-13,26H2,1-2H3/t15-,16+,18-/m1/s1. The van der Waals surface area contributed by atoms with Crippen LogP contribution in [0.1, 0.15) is 55.4 Å². The van der Waals surface area contributed by atoms with Crippen molar-refractivity contribution in [2.24, 2.45) is 11.8 Å². The van der Waals surface area contributed by atoms with E-state index in [9.17, 15) is 9.90 Å². The number of benzene rings is 1. The van der Waals surface area contributed by atoms with Crippen LogP contribution in [0.4, 0.5) is 10.7 Å². The lowest BCUT2D eigenvalue weighted by molar-refractivity contribution is 0.0603. The third kappa shape index (κ3) is 3.99. The zero-order chi connectivity index (χ0) is 23.1. The molecule has 2 fully saturated rings. The largest absolute Gasteiger partial charge is 0.465 e. The number of carbonyl (C=O) groups is 1. The second-order valence-electron chi connectivity index (χ2n) is 9.58. The Bertz CT molecular complexity index is 1170. The van der Waals surface area contributed by atoms with Crippen molar-refractivity contribution in [3.63, 3.8) is 0 Å². The number of nitrogen functional groups attached to an aromatic ring is 1. The minimum atomic E-state index is -0.422. The van der Waals surface area contributed by atoms with Crippen molar-refractivity contribution in [1.29, 1.82) is 0 Å². The Morgan fingerprint density at radius 3 is 2.91 bits per heavy atom. The SMILES string of the molecule is COC(=O)c1c(N2CC[C@H](CO)C2)sc(-c2ccc3c(c2)ncn3[C@@H]2CCC[C@@H](C)C2)c1N. The predicted octanol–water partition coefficient (Wildman–Crippen LogP) is 4.70. The smallest absolute Gasteiger partial charge is 0.343 e. The molecule has 3 aromatic rings. The topological polar surface area (TPSA) is 93.6 Å². The number of carbonyl (C=O) groups excluding carboxylic acids is 1. The van der Waals surface area contributed by atoms with Gasteiger partial charge in [-0.05, 0) is 42.9 Å². The maximum Gasteiger partial charge on any atom is 0.343 e. The number of thiophene rings is 1. The number of hydrogen-bond donors (Lipinski definition) is 2. The third-order valence-electron chi connectivity index (χ3n) is 7.29. The van der Waals surface area contributed by atoms with Crippen molar-refractivity contribution in [2.75, 3.05) is 37.4 Å². The zero-order valence-electron chi connectivity index (χ0n) is 19.3. The number of methoxy groups -OCH3 is 1. The molecule has 1 aliphatic heterocycles. The van der Waals surface area contributed by atoms with E-state index in [1.54, 1.807) is 0 Å². The average Bonchev–Trinajstić information content (AvgIpc) is 3.54. The highest BCUT2D eigenvalue weighted by Crippen LogP contribution is 2.46. The molecule has 2 aliphatic rings. The molecule has 0 amide bonds. The summed E-state index contributed by atoms with van der Waals surface area (Å²) in [5.41, 5.74) is 10.5. The van der Waals surface area contributed by atoms with Gasteiger partial charge in [0.25, 0.3) is 0 Å². The number of imidazole rings is 1. The Balaban J connectivity index is 1.52. The summed E-state index contributed by atoms with van der Waals surface area (Å²) in [7, 11) is 1.38. The van der Waals surface area contributed by atoms with Gasteiger partial charge in [-0.1, -0.05) is 25.8 Å². The third-order valence-corrected chi connectivity index (χ3v) is 8.60. The van der Waals surface area contributed by atoms with Gasteiger partial charge < -0.3 is 25.0 Å². The average molecular weight is 469 g/mol. The van der Waals surface area contributed by atoms with Gasteiger partial charge in [0.15, 0.2) is 0 Å². The number of nitrogens with zero attached hydrogens (tertiary/aromatic N) is 3. The number of rotatable bonds is 5. The lowest BCUT2D eigenvalue weighted by atomic mass is 9.87. The van der Waals surface area contributed by atoms with E-state index in [4.69, 9.17) is 15.5 Å². The van der Waals surface area contributed by atoms with Crippen molar-refractivity contribution in [3.05, 3.63) is 30.1 Å². The summed E-state index contributed by atoms with van der Waals surface area (Å²) >= 11 is 1.52. The van der Waals surface area contributed by atoms with Crippen LogP contribution in [0.5, 0.6) is 0 Å². The van der Waals surface area contributed by atoms with Gasteiger partial charge in [-0.15, -0.1) is 11.3 Å². The fraction of sp³-hybridized carbons (Fsp3) is 0.520. The summed E-state index contributed by atoms with van der Waals surface area (Å²) in [5.74, 6) is 0.539. The van der Waals surface area contributed by atoms with Gasteiger partial charge in [-0.3, -0.25) is 0 Å². The summed E-state index contributed by atoms with van der Waals surface area (Å²) in [5, 5.41) is 10.4. The monoisotopic (exact) mass is 468 g/mol. The van der Waals surface area contributed by atoms with E-state index in [2.05, 4.69) is 34.6 Å². The summed E-state index contributed by atoms with van der Waals surface area (Å²) in [4.78, 5) is 20.4. The first-order valence-corrected chi connectivity index (χ1v) is 12.6. The van der Waals surface area contributed by atoms with Crippen LogP contribution in [-0.2, 0) is 4.74 Å². The molecule has 1 aromatic carbocycles. The highest BCUT2D eigenvalue weighted by Gasteiger charge is 2.31. The minimum absolute atomic E-state index is 0.150. The van der Waals surface area contributed by atoms with Crippen molar-refractivity contribution >= 4 is 39.0 Å². The number of aliphatic hydroxyl groups is 1. The van der Waals surface area contributed by atoms with Crippen molar-refractivity contribution in [1.82, 2.24) is 9.55 Å². The molecule has 5 rings (SSSR count). The predicted molar refractivity (Wildman–Crippen MR) is 133 cm³/mol. The van der Waals surface area contributed by atoms with E-state index in [-0.39, 0.29) is 12.5 Å². The fourth-order valence-electron chi connectivity index (χ4n) is 5.45. The normalized spacial score (nSPS) is 23.4. The lowest BCUT2D eigenvalue weighted by Gasteiger charge is -2.28. The number of fused-ring (bicyclic) bond motifs is 1. The molecule has 176 valence electrons. The summed E-state index contributed by atoms with van der Waals surface area (Å²) in [6.07, 6.45) is 7.84. The molecule has 7 nitrogen and oxygen atoms in total. The molecule has 1 saturated carbocycles. The van der Waals surface area contributed by atoms with Gasteiger partial charge in [0.1, 0.15) is 10.6 Å². The van der Waals surface area contributed by atoms with E-state index < -0.39 is 5.97 Å². The minimum Gasteiger partial charge on any atom is -0.465 e. The molecule has 3 heterocycles. The molecular formula is C25H32N4O3S. The molecule has 0 radical (unpaired) electrons. The summed E-state index contributed by atoms with van der Waals surface area (Å²) < 4.78 is 7.40. The summed E-state index contributed by atoms with van der Waals surface area (Å²) in [6, 6.07) is 6.79. The Labute approximate surface area is 198 Å². The van der Waals surface area contributed by atoms with Gasteiger partial charge in [-0.25, -0.2) is 9.78 Å². The van der Waals surface area contributed by atoms with Crippen LogP contribution < -0.4 is 10.6 Å². The zero-order valence-corrected chi connectivity index (χ0v) is 20.1. The highest BCUT2D eigenvalue weighted by molar-refractivity contribution is 7.20. The second kappa shape index (κ2) is 8.99. The van der Waals surface area contributed by atoms with Crippen molar-refractivity contribution in [3.8, 4) is 10.4 Å². The van der Waals surface area contributed by atoms with E-state index in [1.165, 1.54) is 44.1 Å². The van der Waals surface area contributed by atoms with Gasteiger partial charge in [0.2, 0.25) is 0 Å².